The van der Waals surface area contributed by atoms with Crippen molar-refractivity contribution in [1.82, 2.24) is 29.4 Å². The minimum atomic E-state index is 0.358. The van der Waals surface area contributed by atoms with E-state index in [4.69, 9.17) is 9.53 Å². The fraction of sp³-hybridized carbons (Fsp3) is 0.463. The first kappa shape index (κ1) is 51.9. The zero-order valence-electron chi connectivity index (χ0n) is 39.9. The molecule has 2 aliphatic rings. The predicted molar refractivity (Wildman–Crippen MR) is 265 cm³/mol. The molecule has 2 aliphatic heterocycles. The Morgan fingerprint density at radius 3 is 1.42 bits per heavy atom. The molecule has 0 amide bonds. The highest BCUT2D eigenvalue weighted by atomic mass is 16.5. The summed E-state index contributed by atoms with van der Waals surface area (Å²) in [6.07, 6.45) is 5.18. The van der Waals surface area contributed by atoms with Crippen LogP contribution < -0.4 is 4.74 Å². The van der Waals surface area contributed by atoms with Crippen LogP contribution in [0.1, 0.15) is 74.5 Å². The zero-order valence-corrected chi connectivity index (χ0v) is 39.9. The van der Waals surface area contributed by atoms with Gasteiger partial charge in [-0.3, -0.25) is 19.6 Å². The largest absolute Gasteiger partial charge is 0.497 e. The van der Waals surface area contributed by atoms with Gasteiger partial charge in [-0.15, -0.1) is 6.58 Å². The average Bonchev–Trinajstić information content (AvgIpc) is 3.31. The summed E-state index contributed by atoms with van der Waals surface area (Å²) in [5.41, 5.74) is 7.88. The SMILES string of the molecule is C=CCN(CCN1CCN(C)CC1)C(C)c1ccc(OC)cc1.CC.CC=O.Cc1ccc(C(C)N(CC=C(c2ccccc2)c2ccccc2)CCN2CCN(C)CC2)cc1. The summed E-state index contributed by atoms with van der Waals surface area (Å²) in [6, 6.07) is 39.8. The minimum absolute atomic E-state index is 0.358. The van der Waals surface area contributed by atoms with Crippen LogP contribution in [0.25, 0.3) is 5.57 Å². The molecule has 2 fully saturated rings. The van der Waals surface area contributed by atoms with Crippen LogP contribution in [0.2, 0.25) is 0 Å². The first-order chi connectivity index (χ1) is 30.1. The number of hydrogen-bond donors (Lipinski definition) is 0. The highest BCUT2D eigenvalue weighted by molar-refractivity contribution is 5.79. The predicted octanol–water partition coefficient (Wildman–Crippen LogP) is 9.46. The molecule has 0 spiro atoms. The molecule has 2 atom stereocenters. The van der Waals surface area contributed by atoms with E-state index in [9.17, 15) is 0 Å². The van der Waals surface area contributed by atoms with Crippen molar-refractivity contribution in [1.29, 1.82) is 0 Å². The fourth-order valence-corrected chi connectivity index (χ4v) is 7.73. The molecule has 4 aromatic rings. The quantitative estimate of drug-likeness (QED) is 0.0771. The van der Waals surface area contributed by atoms with Crippen LogP contribution in [-0.4, -0.2) is 149 Å². The summed E-state index contributed by atoms with van der Waals surface area (Å²) in [5, 5.41) is 0. The van der Waals surface area contributed by atoms with Crippen molar-refractivity contribution in [3.63, 3.8) is 0 Å². The van der Waals surface area contributed by atoms with Gasteiger partial charge >= 0.3 is 0 Å². The van der Waals surface area contributed by atoms with Crippen LogP contribution in [-0.2, 0) is 4.79 Å². The fourth-order valence-electron chi connectivity index (χ4n) is 7.73. The van der Waals surface area contributed by atoms with Crippen LogP contribution in [0.5, 0.6) is 5.75 Å². The molecule has 2 unspecified atom stereocenters. The molecule has 2 heterocycles. The van der Waals surface area contributed by atoms with Gasteiger partial charge in [0.15, 0.2) is 0 Å². The Kier molecular flexibility index (Phi) is 25.0. The maximum atomic E-state index is 8.81. The number of piperazine rings is 2. The number of ether oxygens (including phenoxy) is 1. The zero-order chi connectivity index (χ0) is 45.1. The van der Waals surface area contributed by atoms with E-state index in [-0.39, 0.29) is 0 Å². The molecule has 2 saturated heterocycles. The van der Waals surface area contributed by atoms with E-state index in [1.165, 1.54) is 92.7 Å². The minimum Gasteiger partial charge on any atom is -0.497 e. The number of nitrogens with zero attached hydrogens (tertiary/aromatic N) is 6. The number of methoxy groups -OCH3 is 1. The van der Waals surface area contributed by atoms with E-state index in [1.807, 2.05) is 32.1 Å². The van der Waals surface area contributed by atoms with Crippen molar-refractivity contribution in [3.05, 3.63) is 156 Å². The van der Waals surface area contributed by atoms with Gasteiger partial charge in [0, 0.05) is 104 Å². The van der Waals surface area contributed by atoms with Gasteiger partial charge in [-0.05, 0) is 81.7 Å². The standard InChI is InChI=1S/C31H39N3.C19H31N3O.C2H4O.C2H6/c1-26-14-16-28(17-15-26)27(2)34(25-24-33-22-20-32(3)21-23-33)19-18-31(29-10-6-4-7-11-29)30-12-8-5-9-13-30;1-5-10-22(16-15-21-13-11-20(3)12-14-21)17(2)18-6-8-19(23-4)9-7-18;1-2-3;1-2/h4-18,27H,19-25H2,1-3H3;5-9,17H,1,10-16H2,2-4H3;2H,1H3;1-2H3. The molecule has 0 radical (unpaired) electrons. The van der Waals surface area contributed by atoms with Gasteiger partial charge in [-0.25, -0.2) is 0 Å². The van der Waals surface area contributed by atoms with Crippen molar-refractivity contribution in [2.75, 3.05) is 113 Å². The van der Waals surface area contributed by atoms with Gasteiger partial charge < -0.3 is 19.3 Å². The van der Waals surface area contributed by atoms with E-state index >= 15 is 0 Å². The molecule has 0 aliphatic carbocycles. The maximum Gasteiger partial charge on any atom is 0.118 e. The van der Waals surface area contributed by atoms with Crippen molar-refractivity contribution in [2.24, 2.45) is 0 Å². The lowest BCUT2D eigenvalue weighted by molar-refractivity contribution is -0.106. The Hall–Kier alpha value is -4.41. The van der Waals surface area contributed by atoms with Gasteiger partial charge in [0.1, 0.15) is 12.0 Å². The Balaban J connectivity index is 0.000000318. The molecule has 4 aromatic carbocycles. The number of aldehydes is 1. The summed E-state index contributed by atoms with van der Waals surface area (Å²) >= 11 is 0. The van der Waals surface area contributed by atoms with Gasteiger partial charge in [-0.2, -0.15) is 0 Å². The highest BCUT2D eigenvalue weighted by Gasteiger charge is 2.20. The van der Waals surface area contributed by atoms with Crippen LogP contribution in [0.3, 0.4) is 0 Å². The monoisotopic (exact) mass is 845 g/mol. The number of benzene rings is 4. The summed E-state index contributed by atoms with van der Waals surface area (Å²) < 4.78 is 5.25. The lowest BCUT2D eigenvalue weighted by Gasteiger charge is -2.35. The lowest BCUT2D eigenvalue weighted by atomic mass is 9.97. The smallest absolute Gasteiger partial charge is 0.118 e. The number of aryl methyl sites for hydroxylation is 1. The van der Waals surface area contributed by atoms with Gasteiger partial charge in [0.2, 0.25) is 0 Å². The Morgan fingerprint density at radius 2 is 1.03 bits per heavy atom. The summed E-state index contributed by atoms with van der Waals surface area (Å²) in [7, 11) is 6.13. The summed E-state index contributed by atoms with van der Waals surface area (Å²) in [5.74, 6) is 0.911. The molecular weight excluding hydrogens is 765 g/mol. The van der Waals surface area contributed by atoms with Gasteiger partial charge in [0.05, 0.1) is 7.11 Å². The number of likely N-dealkylation sites (N-methyl/N-ethyl adjacent to an activating group) is 2. The molecular formula is C54H80N6O2. The second-order valence-corrected chi connectivity index (χ2v) is 16.2. The highest BCUT2D eigenvalue weighted by Crippen LogP contribution is 2.26. The molecule has 6 rings (SSSR count). The van der Waals surface area contributed by atoms with Crippen molar-refractivity contribution in [2.45, 2.75) is 53.6 Å². The van der Waals surface area contributed by atoms with Crippen LogP contribution >= 0.6 is 0 Å². The third-order valence-corrected chi connectivity index (χ3v) is 11.9. The van der Waals surface area contributed by atoms with Crippen molar-refractivity contribution in [3.8, 4) is 5.75 Å². The topological polar surface area (TPSA) is 45.7 Å². The molecule has 0 bridgehead atoms. The van der Waals surface area contributed by atoms with E-state index in [0.717, 1.165) is 51.3 Å². The Morgan fingerprint density at radius 1 is 0.645 bits per heavy atom. The average molecular weight is 845 g/mol. The summed E-state index contributed by atoms with van der Waals surface area (Å²) in [4.78, 5) is 23.9. The second-order valence-electron chi connectivity index (χ2n) is 16.2. The van der Waals surface area contributed by atoms with E-state index in [0.29, 0.717) is 12.1 Å². The summed E-state index contributed by atoms with van der Waals surface area (Å²) in [6.45, 7) is 31.7. The second kappa shape index (κ2) is 29.8. The van der Waals surface area contributed by atoms with Crippen LogP contribution in [0, 0.1) is 6.92 Å². The Labute approximate surface area is 377 Å². The number of rotatable bonds is 17. The third kappa shape index (κ3) is 18.1. The third-order valence-electron chi connectivity index (χ3n) is 11.9. The van der Waals surface area contributed by atoms with Crippen LogP contribution in [0.4, 0.5) is 0 Å². The first-order valence-corrected chi connectivity index (χ1v) is 23.0. The molecule has 62 heavy (non-hydrogen) atoms. The van der Waals surface area contributed by atoms with E-state index in [1.54, 1.807) is 7.11 Å². The number of carbonyl (C=O) groups excluding carboxylic acids is 1. The van der Waals surface area contributed by atoms with Gasteiger partial charge in [-0.1, -0.05) is 129 Å². The number of carbonyl (C=O) groups is 1. The molecule has 0 aromatic heterocycles. The normalized spacial score (nSPS) is 15.7. The molecule has 0 saturated carbocycles. The molecule has 8 nitrogen and oxygen atoms in total. The van der Waals surface area contributed by atoms with Gasteiger partial charge in [0.25, 0.3) is 0 Å². The molecule has 8 heteroatoms. The maximum absolute atomic E-state index is 8.81. The first-order valence-electron chi connectivity index (χ1n) is 23.0. The van der Waals surface area contributed by atoms with Crippen LogP contribution in [0.15, 0.2) is 128 Å². The molecule has 0 N–H and O–H groups in total. The Bertz CT molecular complexity index is 1740. The number of hydrogen-bond acceptors (Lipinski definition) is 8. The van der Waals surface area contributed by atoms with E-state index in [2.05, 4.69) is 174 Å². The van der Waals surface area contributed by atoms with Crippen molar-refractivity contribution >= 4 is 11.9 Å². The van der Waals surface area contributed by atoms with Crippen molar-refractivity contribution < 1.29 is 9.53 Å². The van der Waals surface area contributed by atoms with E-state index < -0.39 is 0 Å². The molecule has 338 valence electrons. The lowest BCUT2D eigenvalue weighted by Crippen LogP contribution is -2.47.